The average Bonchev–Trinajstić information content (AvgIpc) is 2.97. The Balaban J connectivity index is 1.71. The summed E-state index contributed by atoms with van der Waals surface area (Å²) in [6.45, 7) is 2.09. The first-order valence-electron chi connectivity index (χ1n) is 9.97. The maximum atomic E-state index is 12.6. The number of rotatable bonds is 6. The third-order valence-electron chi connectivity index (χ3n) is 4.88. The zero-order valence-corrected chi connectivity index (χ0v) is 16.2. The fourth-order valence-electron chi connectivity index (χ4n) is 3.45. The molecule has 6 heteroatoms. The van der Waals surface area contributed by atoms with Crippen LogP contribution in [-0.4, -0.2) is 29.5 Å². The zero-order chi connectivity index (χ0) is 19.8. The quantitative estimate of drug-likeness (QED) is 0.571. The third-order valence-corrected chi connectivity index (χ3v) is 4.88. The Morgan fingerprint density at radius 1 is 1.11 bits per heavy atom. The van der Waals surface area contributed by atoms with Crippen molar-refractivity contribution in [3.8, 4) is 0 Å². The summed E-state index contributed by atoms with van der Waals surface area (Å²) in [5.41, 5.74) is 2.13. The number of amides is 1. The lowest BCUT2D eigenvalue weighted by Gasteiger charge is -2.16. The fourth-order valence-corrected chi connectivity index (χ4v) is 3.45. The Bertz CT molecular complexity index is 814. The maximum absolute atomic E-state index is 12.6. The number of esters is 1. The lowest BCUT2D eigenvalue weighted by atomic mass is 10.1. The van der Waals surface area contributed by atoms with Crippen LogP contribution in [0, 0.1) is 0 Å². The van der Waals surface area contributed by atoms with Gasteiger partial charge in [0.25, 0.3) is 5.91 Å². The van der Waals surface area contributed by atoms with Crippen LogP contribution in [0.1, 0.15) is 66.3 Å². The molecule has 0 bridgehead atoms. The van der Waals surface area contributed by atoms with E-state index < -0.39 is 0 Å². The number of carbonyl (C=O) groups is 2. The average molecular weight is 381 g/mol. The molecule has 1 aromatic heterocycles. The van der Waals surface area contributed by atoms with E-state index in [-0.39, 0.29) is 17.9 Å². The number of benzene rings is 1. The Hall–Kier alpha value is -2.89. The highest BCUT2D eigenvalue weighted by Crippen LogP contribution is 2.22. The molecule has 0 saturated heterocycles. The topological polar surface area (TPSA) is 80.3 Å². The minimum Gasteiger partial charge on any atom is -0.462 e. The summed E-state index contributed by atoms with van der Waals surface area (Å²) in [6.07, 6.45) is 8.44. The van der Waals surface area contributed by atoms with Crippen LogP contribution in [0.3, 0.4) is 0 Å². The largest absolute Gasteiger partial charge is 0.462 e. The number of ether oxygens (including phenoxy) is 1. The summed E-state index contributed by atoms with van der Waals surface area (Å²) in [6, 6.07) is 10.8. The highest BCUT2D eigenvalue weighted by molar-refractivity contribution is 5.97. The molecule has 148 valence electrons. The second-order valence-electron chi connectivity index (χ2n) is 6.98. The van der Waals surface area contributed by atoms with Gasteiger partial charge in [0.05, 0.1) is 17.9 Å². The predicted molar refractivity (Wildman–Crippen MR) is 109 cm³/mol. The Morgan fingerprint density at radius 3 is 2.61 bits per heavy atom. The van der Waals surface area contributed by atoms with Gasteiger partial charge in [-0.15, -0.1) is 0 Å². The van der Waals surface area contributed by atoms with Gasteiger partial charge in [0.1, 0.15) is 5.69 Å². The van der Waals surface area contributed by atoms with Crippen LogP contribution in [0.15, 0.2) is 42.6 Å². The number of hydrogen-bond donors (Lipinski definition) is 2. The molecule has 1 fully saturated rings. The molecule has 1 aliphatic carbocycles. The summed E-state index contributed by atoms with van der Waals surface area (Å²) in [4.78, 5) is 29.0. The molecule has 2 aromatic rings. The molecule has 6 nitrogen and oxygen atoms in total. The molecule has 0 spiro atoms. The number of para-hydroxylation sites is 1. The Labute approximate surface area is 165 Å². The van der Waals surface area contributed by atoms with Gasteiger partial charge in [-0.2, -0.15) is 0 Å². The van der Waals surface area contributed by atoms with E-state index in [4.69, 9.17) is 4.74 Å². The molecular formula is C22H27N3O3. The smallest absolute Gasteiger partial charge is 0.340 e. The van der Waals surface area contributed by atoms with E-state index in [9.17, 15) is 9.59 Å². The van der Waals surface area contributed by atoms with Gasteiger partial charge in [-0.25, -0.2) is 4.79 Å². The van der Waals surface area contributed by atoms with Gasteiger partial charge in [0.15, 0.2) is 0 Å². The summed E-state index contributed by atoms with van der Waals surface area (Å²) in [5.74, 6) is -0.541. The molecule has 1 heterocycles. The van der Waals surface area contributed by atoms with E-state index in [1.807, 2.05) is 6.07 Å². The number of anilines is 2. The van der Waals surface area contributed by atoms with Crippen LogP contribution in [0.4, 0.5) is 11.4 Å². The SMILES string of the molecule is CCOC(=O)c1ccccc1Nc1ccnc(C(=O)NC2CCCCCC2)c1. The normalized spacial score (nSPS) is 14.8. The van der Waals surface area contributed by atoms with Gasteiger partial charge in [0.2, 0.25) is 0 Å². The lowest BCUT2D eigenvalue weighted by molar-refractivity contribution is 0.0527. The first-order valence-corrected chi connectivity index (χ1v) is 9.97. The van der Waals surface area contributed by atoms with Gasteiger partial charge in [-0.1, -0.05) is 37.8 Å². The molecule has 0 unspecified atom stereocenters. The number of carbonyl (C=O) groups excluding carboxylic acids is 2. The van der Waals surface area contributed by atoms with Crippen LogP contribution in [-0.2, 0) is 4.74 Å². The lowest BCUT2D eigenvalue weighted by Crippen LogP contribution is -2.34. The fraction of sp³-hybridized carbons (Fsp3) is 0.409. The summed E-state index contributed by atoms with van der Waals surface area (Å²) in [7, 11) is 0. The van der Waals surface area contributed by atoms with E-state index in [2.05, 4.69) is 15.6 Å². The van der Waals surface area contributed by atoms with Crippen molar-refractivity contribution < 1.29 is 14.3 Å². The summed E-state index contributed by atoms with van der Waals surface area (Å²) in [5, 5.41) is 6.31. The standard InChI is InChI=1S/C22H27N3O3/c1-2-28-22(27)18-11-7-8-12-19(18)24-17-13-14-23-20(15-17)21(26)25-16-9-5-3-4-6-10-16/h7-8,11-16H,2-6,9-10H2,1H3,(H,23,24)(H,25,26). The molecule has 1 aromatic carbocycles. The first kappa shape index (κ1) is 19.9. The minimum atomic E-state index is -0.383. The van der Waals surface area contributed by atoms with E-state index in [0.29, 0.717) is 29.2 Å². The van der Waals surface area contributed by atoms with Gasteiger partial charge in [-0.05, 0) is 44.0 Å². The van der Waals surface area contributed by atoms with Crippen LogP contribution >= 0.6 is 0 Å². The maximum Gasteiger partial charge on any atom is 0.340 e. The molecule has 1 aliphatic rings. The van der Waals surface area contributed by atoms with Crippen LogP contribution < -0.4 is 10.6 Å². The van der Waals surface area contributed by atoms with Gasteiger partial charge >= 0.3 is 5.97 Å². The van der Waals surface area contributed by atoms with Gasteiger partial charge < -0.3 is 15.4 Å². The number of aromatic nitrogens is 1. The molecule has 0 aliphatic heterocycles. The van der Waals surface area contributed by atoms with E-state index in [0.717, 1.165) is 25.7 Å². The van der Waals surface area contributed by atoms with E-state index in [1.54, 1.807) is 43.5 Å². The number of hydrogen-bond acceptors (Lipinski definition) is 5. The second-order valence-corrected chi connectivity index (χ2v) is 6.98. The van der Waals surface area contributed by atoms with Crippen molar-refractivity contribution in [1.82, 2.24) is 10.3 Å². The molecule has 1 saturated carbocycles. The van der Waals surface area contributed by atoms with Gasteiger partial charge in [-0.3, -0.25) is 9.78 Å². The second kappa shape index (κ2) is 9.88. The monoisotopic (exact) mass is 381 g/mol. The Morgan fingerprint density at radius 2 is 1.86 bits per heavy atom. The van der Waals surface area contributed by atoms with Crippen molar-refractivity contribution in [2.45, 2.75) is 51.5 Å². The van der Waals surface area contributed by atoms with Crippen molar-refractivity contribution in [2.75, 3.05) is 11.9 Å². The highest BCUT2D eigenvalue weighted by atomic mass is 16.5. The molecular weight excluding hydrogens is 354 g/mol. The van der Waals surface area contributed by atoms with Gasteiger partial charge in [0, 0.05) is 17.9 Å². The Kier molecular flexibility index (Phi) is 7.00. The predicted octanol–water partition coefficient (Wildman–Crippen LogP) is 4.45. The summed E-state index contributed by atoms with van der Waals surface area (Å²) >= 11 is 0. The number of pyridine rings is 1. The third kappa shape index (κ3) is 5.31. The molecule has 0 atom stereocenters. The molecule has 28 heavy (non-hydrogen) atoms. The van der Waals surface area contributed by atoms with Crippen LogP contribution in [0.5, 0.6) is 0 Å². The summed E-state index contributed by atoms with van der Waals surface area (Å²) < 4.78 is 5.11. The minimum absolute atomic E-state index is 0.158. The van der Waals surface area contributed by atoms with Crippen molar-refractivity contribution in [3.63, 3.8) is 0 Å². The van der Waals surface area contributed by atoms with E-state index >= 15 is 0 Å². The van der Waals surface area contributed by atoms with Crippen LogP contribution in [0.25, 0.3) is 0 Å². The first-order chi connectivity index (χ1) is 13.7. The van der Waals surface area contributed by atoms with Crippen molar-refractivity contribution >= 4 is 23.3 Å². The highest BCUT2D eigenvalue weighted by Gasteiger charge is 2.17. The van der Waals surface area contributed by atoms with Crippen LogP contribution in [0.2, 0.25) is 0 Å². The number of nitrogens with one attached hydrogen (secondary N) is 2. The molecule has 3 rings (SSSR count). The number of nitrogens with zero attached hydrogens (tertiary/aromatic N) is 1. The van der Waals surface area contributed by atoms with Crippen molar-refractivity contribution in [1.29, 1.82) is 0 Å². The van der Waals surface area contributed by atoms with Crippen molar-refractivity contribution in [2.24, 2.45) is 0 Å². The van der Waals surface area contributed by atoms with E-state index in [1.165, 1.54) is 12.8 Å². The zero-order valence-electron chi connectivity index (χ0n) is 16.2. The molecule has 0 radical (unpaired) electrons. The molecule has 2 N–H and O–H groups in total. The molecule has 1 amide bonds. The van der Waals surface area contributed by atoms with Crippen molar-refractivity contribution in [3.05, 3.63) is 53.9 Å².